The Kier molecular flexibility index (Phi) is 7.50. The first-order valence-corrected chi connectivity index (χ1v) is 11.8. The average molecular weight is 428 g/mol. The van der Waals surface area contributed by atoms with Crippen molar-refractivity contribution >= 4 is 17.5 Å². The molecule has 3 aliphatic rings. The molecule has 0 aromatic carbocycles. The molecule has 8 heteroatoms. The molecule has 0 amide bonds. The van der Waals surface area contributed by atoms with Crippen molar-refractivity contribution in [3.8, 4) is 0 Å². The Labute approximate surface area is 185 Å². The highest BCUT2D eigenvalue weighted by Crippen LogP contribution is 2.44. The van der Waals surface area contributed by atoms with Gasteiger partial charge in [-0.25, -0.2) is 15.0 Å². The zero-order chi connectivity index (χ0) is 21.5. The summed E-state index contributed by atoms with van der Waals surface area (Å²) in [6.45, 7) is 6.70. The van der Waals surface area contributed by atoms with Crippen molar-refractivity contribution in [3.63, 3.8) is 0 Å². The lowest BCUT2D eigenvalue weighted by atomic mass is 9.86. The van der Waals surface area contributed by atoms with Crippen LogP contribution in [-0.2, 0) is 4.74 Å². The summed E-state index contributed by atoms with van der Waals surface area (Å²) in [7, 11) is 1.75. The summed E-state index contributed by atoms with van der Waals surface area (Å²) >= 11 is 0. The van der Waals surface area contributed by atoms with Gasteiger partial charge >= 0.3 is 0 Å². The molecule has 0 bridgehead atoms. The van der Waals surface area contributed by atoms with Gasteiger partial charge in [0.2, 0.25) is 5.96 Å². The Morgan fingerprint density at radius 1 is 1.13 bits per heavy atom. The van der Waals surface area contributed by atoms with Gasteiger partial charge in [0.15, 0.2) is 0 Å². The number of nitrogens with zero attached hydrogens (tertiary/aromatic N) is 4. The third-order valence-corrected chi connectivity index (χ3v) is 6.75. The molecular weight excluding hydrogens is 390 g/mol. The number of hydrogen-bond donors (Lipinski definition) is 3. The van der Waals surface area contributed by atoms with Gasteiger partial charge in [-0.2, -0.15) is 0 Å². The van der Waals surface area contributed by atoms with Crippen LogP contribution in [0.5, 0.6) is 0 Å². The van der Waals surface area contributed by atoms with Crippen LogP contribution < -0.4 is 16.0 Å². The molecule has 2 fully saturated rings. The van der Waals surface area contributed by atoms with Crippen molar-refractivity contribution in [2.45, 2.75) is 57.9 Å². The highest BCUT2D eigenvalue weighted by Gasteiger charge is 2.37. The van der Waals surface area contributed by atoms with E-state index in [4.69, 9.17) is 9.73 Å². The normalized spacial score (nSPS) is 24.8. The van der Waals surface area contributed by atoms with Gasteiger partial charge < -0.3 is 20.7 Å². The highest BCUT2D eigenvalue weighted by molar-refractivity contribution is 6.07. The Morgan fingerprint density at radius 2 is 1.97 bits per heavy atom. The number of nitrogens with one attached hydrogen (secondary N) is 3. The molecule has 0 saturated heterocycles. The lowest BCUT2D eigenvalue weighted by Crippen LogP contribution is -2.36. The summed E-state index contributed by atoms with van der Waals surface area (Å²) < 4.78 is 5.13. The van der Waals surface area contributed by atoms with Crippen LogP contribution in [0.15, 0.2) is 22.4 Å². The molecule has 4 rings (SSSR count). The fourth-order valence-corrected chi connectivity index (χ4v) is 4.25. The summed E-state index contributed by atoms with van der Waals surface area (Å²) in [5.41, 5.74) is 2.32. The maximum atomic E-state index is 5.13. The second kappa shape index (κ2) is 10.5. The molecule has 0 radical (unpaired) electrons. The van der Waals surface area contributed by atoms with E-state index in [9.17, 15) is 0 Å². The molecule has 8 nitrogen and oxygen atoms in total. The predicted molar refractivity (Wildman–Crippen MR) is 125 cm³/mol. The van der Waals surface area contributed by atoms with E-state index >= 15 is 0 Å². The van der Waals surface area contributed by atoms with E-state index in [1.54, 1.807) is 13.4 Å². The third-order valence-electron chi connectivity index (χ3n) is 6.75. The number of ether oxygens (including phenoxy) is 1. The maximum Gasteiger partial charge on any atom is 0.218 e. The van der Waals surface area contributed by atoms with Crippen LogP contribution in [0, 0.1) is 11.3 Å². The van der Waals surface area contributed by atoms with Crippen molar-refractivity contribution in [1.82, 2.24) is 20.6 Å². The molecule has 2 saturated carbocycles. The first-order valence-electron chi connectivity index (χ1n) is 11.8. The highest BCUT2D eigenvalue weighted by atomic mass is 16.5. The molecule has 0 spiro atoms. The van der Waals surface area contributed by atoms with Gasteiger partial charge in [0, 0.05) is 51.8 Å². The van der Waals surface area contributed by atoms with Crippen LogP contribution in [0.3, 0.4) is 0 Å². The molecule has 1 aromatic heterocycles. The quantitative estimate of drug-likeness (QED) is 0.497. The fourth-order valence-electron chi connectivity index (χ4n) is 4.25. The summed E-state index contributed by atoms with van der Waals surface area (Å²) in [5, 5.41) is 10.5. The Bertz CT molecular complexity index is 782. The molecule has 2 aliphatic carbocycles. The summed E-state index contributed by atoms with van der Waals surface area (Å²) in [5.74, 6) is 2.33. The van der Waals surface area contributed by atoms with Crippen molar-refractivity contribution in [3.05, 3.63) is 18.1 Å². The first kappa shape index (κ1) is 22.1. The van der Waals surface area contributed by atoms with Gasteiger partial charge in [-0.05, 0) is 49.9 Å². The fraction of sp³-hybridized carbons (Fsp3) is 0.739. The number of aromatic nitrogens is 2. The van der Waals surface area contributed by atoms with Crippen molar-refractivity contribution < 1.29 is 4.74 Å². The van der Waals surface area contributed by atoms with Crippen LogP contribution >= 0.6 is 0 Å². The number of methoxy groups -OCH3 is 1. The van der Waals surface area contributed by atoms with E-state index < -0.39 is 0 Å². The van der Waals surface area contributed by atoms with E-state index in [1.165, 1.54) is 38.5 Å². The number of guanidine groups is 1. The summed E-state index contributed by atoms with van der Waals surface area (Å²) in [6.07, 6.45) is 9.99. The van der Waals surface area contributed by atoms with Crippen LogP contribution in [0.4, 0.5) is 5.82 Å². The SMILES string of the molecule is COCCNC1CCC(CNc2cc(C3=NC(NCC4(C)CC4)=NCC3)ncn2)CC1. The summed E-state index contributed by atoms with van der Waals surface area (Å²) in [6, 6.07) is 2.66. The molecule has 0 unspecified atom stereocenters. The van der Waals surface area contributed by atoms with E-state index in [2.05, 4.69) is 37.8 Å². The lowest BCUT2D eigenvalue weighted by molar-refractivity contribution is 0.189. The number of anilines is 1. The van der Waals surface area contributed by atoms with E-state index in [0.29, 0.717) is 17.4 Å². The van der Waals surface area contributed by atoms with Crippen LogP contribution in [0.2, 0.25) is 0 Å². The zero-order valence-electron chi connectivity index (χ0n) is 19.0. The maximum absolute atomic E-state index is 5.13. The minimum absolute atomic E-state index is 0.431. The second-order valence-corrected chi connectivity index (χ2v) is 9.51. The third kappa shape index (κ3) is 6.71. The Morgan fingerprint density at radius 3 is 2.74 bits per heavy atom. The largest absolute Gasteiger partial charge is 0.383 e. The van der Waals surface area contributed by atoms with E-state index in [-0.39, 0.29) is 0 Å². The monoisotopic (exact) mass is 427 g/mol. The topological polar surface area (TPSA) is 95.8 Å². The van der Waals surface area contributed by atoms with Crippen molar-refractivity contribution in [1.29, 1.82) is 0 Å². The molecule has 2 heterocycles. The second-order valence-electron chi connectivity index (χ2n) is 9.51. The number of rotatable bonds is 10. The minimum atomic E-state index is 0.431. The van der Waals surface area contributed by atoms with Gasteiger partial charge in [0.1, 0.15) is 12.1 Å². The zero-order valence-corrected chi connectivity index (χ0v) is 19.0. The van der Waals surface area contributed by atoms with E-state index in [1.807, 2.05) is 6.07 Å². The van der Waals surface area contributed by atoms with Crippen LogP contribution in [0.1, 0.15) is 57.6 Å². The molecule has 3 N–H and O–H groups in total. The van der Waals surface area contributed by atoms with Gasteiger partial charge in [-0.1, -0.05) is 6.92 Å². The number of aliphatic imine (C=N–C) groups is 2. The van der Waals surface area contributed by atoms with Crippen LogP contribution in [0.25, 0.3) is 0 Å². The molecule has 0 atom stereocenters. The van der Waals surface area contributed by atoms with Gasteiger partial charge in [0.05, 0.1) is 18.0 Å². The number of hydrogen-bond acceptors (Lipinski definition) is 8. The van der Waals surface area contributed by atoms with Crippen LogP contribution in [-0.4, -0.2) is 67.6 Å². The predicted octanol–water partition coefficient (Wildman–Crippen LogP) is 2.62. The van der Waals surface area contributed by atoms with Crippen molar-refractivity contribution in [2.75, 3.05) is 45.2 Å². The van der Waals surface area contributed by atoms with Gasteiger partial charge in [-0.3, -0.25) is 4.99 Å². The Hall–Kier alpha value is -2.06. The lowest BCUT2D eigenvalue weighted by Gasteiger charge is -2.29. The average Bonchev–Trinajstić information content (AvgIpc) is 3.55. The van der Waals surface area contributed by atoms with Gasteiger partial charge in [-0.15, -0.1) is 0 Å². The molecule has 1 aromatic rings. The van der Waals surface area contributed by atoms with E-state index in [0.717, 1.165) is 62.4 Å². The minimum Gasteiger partial charge on any atom is -0.383 e. The van der Waals surface area contributed by atoms with Gasteiger partial charge in [0.25, 0.3) is 0 Å². The Balaban J connectivity index is 1.25. The smallest absolute Gasteiger partial charge is 0.218 e. The molecule has 170 valence electrons. The van der Waals surface area contributed by atoms with Crippen molar-refractivity contribution in [2.24, 2.45) is 21.3 Å². The molecule has 1 aliphatic heterocycles. The first-order chi connectivity index (χ1) is 15.1. The summed E-state index contributed by atoms with van der Waals surface area (Å²) in [4.78, 5) is 18.2. The molecule has 31 heavy (non-hydrogen) atoms. The standard InChI is InChI=1S/C23H37N7O/c1-23(8-9-23)15-27-22-25-10-7-19(30-22)20-13-21(29-16-28-20)26-14-17-3-5-18(6-4-17)24-11-12-31-2/h13,16-18,24H,3-12,14-15H2,1-2H3,(H,25,27)(H,26,28,29). The molecular formula is C23H37N7O.